The van der Waals surface area contributed by atoms with Crippen molar-refractivity contribution in [2.24, 2.45) is 0 Å². The van der Waals surface area contributed by atoms with E-state index in [-0.39, 0.29) is 0 Å². The summed E-state index contributed by atoms with van der Waals surface area (Å²) >= 11 is 0. The highest BCUT2D eigenvalue weighted by molar-refractivity contribution is 6.17. The lowest BCUT2D eigenvalue weighted by atomic mass is 9.89. The van der Waals surface area contributed by atoms with Gasteiger partial charge in [0.1, 0.15) is 0 Å². The van der Waals surface area contributed by atoms with E-state index in [1.807, 2.05) is 18.2 Å². The van der Waals surface area contributed by atoms with E-state index < -0.39 is 0 Å². The monoisotopic (exact) mass is 585 g/mol. The van der Waals surface area contributed by atoms with Crippen molar-refractivity contribution in [3.63, 3.8) is 0 Å². The van der Waals surface area contributed by atoms with Crippen molar-refractivity contribution in [2.75, 3.05) is 0 Å². The third-order valence-electron chi connectivity index (χ3n) is 8.90. The molecule has 0 aliphatic carbocycles. The molecule has 0 fully saturated rings. The van der Waals surface area contributed by atoms with Gasteiger partial charge in [-0.2, -0.15) is 0 Å². The third kappa shape index (κ3) is 4.41. The van der Waals surface area contributed by atoms with Gasteiger partial charge >= 0.3 is 0 Å². The molecule has 0 N–H and O–H groups in total. The molecule has 0 amide bonds. The largest absolute Gasteiger partial charge is 0.208 e. The molecule has 0 unspecified atom stereocenters. The fraction of sp³-hybridized carbons (Fsp3) is 0. The summed E-state index contributed by atoms with van der Waals surface area (Å²) in [5, 5.41) is 9.60. The Morgan fingerprint density at radius 2 is 0.783 bits per heavy atom. The molecule has 214 valence electrons. The van der Waals surface area contributed by atoms with Gasteiger partial charge in [0.05, 0.1) is 0 Å². The smallest absolute Gasteiger partial charge is 0.164 e. The first-order chi connectivity index (χ1) is 22.8. The number of aromatic nitrogens is 3. The molecule has 46 heavy (non-hydrogen) atoms. The maximum atomic E-state index is 5.13. The van der Waals surface area contributed by atoms with Crippen molar-refractivity contribution in [3.8, 4) is 45.3 Å². The van der Waals surface area contributed by atoms with E-state index in [2.05, 4.69) is 146 Å². The highest BCUT2D eigenvalue weighted by Crippen LogP contribution is 2.40. The van der Waals surface area contributed by atoms with E-state index in [9.17, 15) is 0 Å². The molecule has 3 nitrogen and oxygen atoms in total. The molecule has 0 atom stereocenters. The summed E-state index contributed by atoms with van der Waals surface area (Å²) in [7, 11) is 0. The summed E-state index contributed by atoms with van der Waals surface area (Å²) in [6.07, 6.45) is 0. The van der Waals surface area contributed by atoms with Crippen LogP contribution in [0.15, 0.2) is 164 Å². The molecule has 0 aliphatic heterocycles. The summed E-state index contributed by atoms with van der Waals surface area (Å²) < 4.78 is 0. The van der Waals surface area contributed by atoms with Crippen LogP contribution >= 0.6 is 0 Å². The maximum Gasteiger partial charge on any atom is 0.164 e. The average Bonchev–Trinajstić information content (AvgIpc) is 3.14. The van der Waals surface area contributed by atoms with Gasteiger partial charge < -0.3 is 0 Å². The van der Waals surface area contributed by atoms with Crippen molar-refractivity contribution >= 4 is 43.1 Å². The molecule has 0 saturated heterocycles. The quantitative estimate of drug-likeness (QED) is 0.193. The number of hydrogen-bond acceptors (Lipinski definition) is 3. The topological polar surface area (TPSA) is 38.7 Å². The molecule has 0 saturated carbocycles. The van der Waals surface area contributed by atoms with Crippen LogP contribution in [0.5, 0.6) is 0 Å². The predicted octanol–water partition coefficient (Wildman–Crippen LogP) is 11.2. The second-order valence-corrected chi connectivity index (χ2v) is 11.6. The van der Waals surface area contributed by atoms with Gasteiger partial charge in [-0.3, -0.25) is 0 Å². The first-order valence-electron chi connectivity index (χ1n) is 15.5. The SMILES string of the molecule is c1ccc(-c2nc(-c3ccc4ccccc4c3)nc(-c3ccc(-c4cc5ccccc5c5ccccc45)c4ccccc34)n2)cc1. The van der Waals surface area contributed by atoms with E-state index >= 15 is 0 Å². The minimum Gasteiger partial charge on any atom is -0.208 e. The summed E-state index contributed by atoms with van der Waals surface area (Å²) in [5.41, 5.74) is 5.30. The fourth-order valence-electron chi connectivity index (χ4n) is 6.68. The summed E-state index contributed by atoms with van der Waals surface area (Å²) in [6, 6.07) is 57.6. The molecule has 3 heteroatoms. The van der Waals surface area contributed by atoms with Gasteiger partial charge in [-0.15, -0.1) is 0 Å². The zero-order chi connectivity index (χ0) is 30.5. The Morgan fingerprint density at radius 3 is 1.54 bits per heavy atom. The number of fused-ring (bicyclic) bond motifs is 5. The normalized spacial score (nSPS) is 11.5. The zero-order valence-electron chi connectivity index (χ0n) is 24.9. The number of rotatable bonds is 4. The van der Waals surface area contributed by atoms with Crippen LogP contribution in [0.2, 0.25) is 0 Å². The minimum absolute atomic E-state index is 0.655. The lowest BCUT2D eigenvalue weighted by Gasteiger charge is -2.15. The Hall–Kier alpha value is -6.19. The molecule has 1 heterocycles. The summed E-state index contributed by atoms with van der Waals surface area (Å²) in [5.74, 6) is 1.97. The Labute approximate surface area is 266 Å². The third-order valence-corrected chi connectivity index (χ3v) is 8.90. The molecule has 1 aromatic heterocycles. The molecule has 8 aromatic carbocycles. The van der Waals surface area contributed by atoms with Gasteiger partial charge in [0.15, 0.2) is 17.5 Å². The van der Waals surface area contributed by atoms with Crippen LogP contribution in [-0.2, 0) is 0 Å². The Bertz CT molecular complexity index is 2590. The summed E-state index contributed by atoms with van der Waals surface area (Å²) in [4.78, 5) is 15.2. The van der Waals surface area contributed by atoms with Gasteiger partial charge in [-0.25, -0.2) is 15.0 Å². The average molecular weight is 586 g/mol. The van der Waals surface area contributed by atoms with E-state index in [1.165, 1.54) is 38.1 Å². The summed E-state index contributed by atoms with van der Waals surface area (Å²) in [6.45, 7) is 0. The predicted molar refractivity (Wildman–Crippen MR) is 192 cm³/mol. The first-order valence-corrected chi connectivity index (χ1v) is 15.5. The van der Waals surface area contributed by atoms with Crippen molar-refractivity contribution < 1.29 is 0 Å². The number of nitrogens with zero attached hydrogens (tertiary/aromatic N) is 3. The van der Waals surface area contributed by atoms with E-state index in [0.29, 0.717) is 17.5 Å². The van der Waals surface area contributed by atoms with Gasteiger partial charge in [0.25, 0.3) is 0 Å². The van der Waals surface area contributed by atoms with Gasteiger partial charge in [0.2, 0.25) is 0 Å². The van der Waals surface area contributed by atoms with Crippen LogP contribution in [0.3, 0.4) is 0 Å². The van der Waals surface area contributed by atoms with E-state index in [0.717, 1.165) is 32.8 Å². The lowest BCUT2D eigenvalue weighted by Crippen LogP contribution is -2.01. The van der Waals surface area contributed by atoms with Crippen LogP contribution in [0.1, 0.15) is 0 Å². The van der Waals surface area contributed by atoms with Crippen molar-refractivity contribution in [1.82, 2.24) is 15.0 Å². The number of benzene rings is 8. The molecule has 9 rings (SSSR count). The van der Waals surface area contributed by atoms with Gasteiger partial charge in [-0.1, -0.05) is 146 Å². The van der Waals surface area contributed by atoms with E-state index in [4.69, 9.17) is 15.0 Å². The molecular weight excluding hydrogens is 558 g/mol. The molecule has 0 aliphatic rings. The fourth-order valence-corrected chi connectivity index (χ4v) is 6.68. The molecular formula is C43H27N3. The molecule has 0 radical (unpaired) electrons. The van der Waals surface area contributed by atoms with Crippen molar-refractivity contribution in [2.45, 2.75) is 0 Å². The van der Waals surface area contributed by atoms with Crippen LogP contribution in [0.25, 0.3) is 88.4 Å². The molecule has 0 bridgehead atoms. The zero-order valence-corrected chi connectivity index (χ0v) is 24.9. The van der Waals surface area contributed by atoms with E-state index in [1.54, 1.807) is 0 Å². The van der Waals surface area contributed by atoms with Crippen molar-refractivity contribution in [1.29, 1.82) is 0 Å². The standard InChI is InChI=1S/C43H27N3/c1-2-13-29(14-3-1)41-44-42(32-23-22-28-12-4-5-15-30(28)26-32)46-43(45-41)39-25-24-38(35-19-9-10-20-36(35)39)40-27-31-16-6-7-17-33(31)34-18-8-11-21-37(34)40/h1-27H. The molecule has 9 aromatic rings. The van der Waals surface area contributed by atoms with Crippen LogP contribution < -0.4 is 0 Å². The maximum absolute atomic E-state index is 5.13. The van der Waals surface area contributed by atoms with Crippen LogP contribution in [-0.4, -0.2) is 15.0 Å². The minimum atomic E-state index is 0.655. The second-order valence-electron chi connectivity index (χ2n) is 11.6. The highest BCUT2D eigenvalue weighted by Gasteiger charge is 2.17. The Kier molecular flexibility index (Phi) is 6.14. The number of hydrogen-bond donors (Lipinski definition) is 0. The Balaban J connectivity index is 1.28. The Morgan fingerprint density at radius 1 is 0.261 bits per heavy atom. The van der Waals surface area contributed by atoms with Gasteiger partial charge in [0, 0.05) is 16.7 Å². The lowest BCUT2D eigenvalue weighted by molar-refractivity contribution is 1.08. The van der Waals surface area contributed by atoms with Crippen LogP contribution in [0.4, 0.5) is 0 Å². The molecule has 0 spiro atoms. The van der Waals surface area contributed by atoms with Crippen LogP contribution in [0, 0.1) is 0 Å². The van der Waals surface area contributed by atoms with Gasteiger partial charge in [-0.05, 0) is 72.4 Å². The second kappa shape index (κ2) is 10.8. The first kappa shape index (κ1) is 26.2. The van der Waals surface area contributed by atoms with Crippen molar-refractivity contribution in [3.05, 3.63) is 164 Å². The highest BCUT2D eigenvalue weighted by atomic mass is 15.0.